The van der Waals surface area contributed by atoms with Crippen molar-refractivity contribution in [1.82, 2.24) is 14.7 Å². The average Bonchev–Trinajstić information content (AvgIpc) is 3.71. The monoisotopic (exact) mass is 601 g/mol. The van der Waals surface area contributed by atoms with Crippen molar-refractivity contribution >= 4 is 29.4 Å². The quantitative estimate of drug-likeness (QED) is 0.403. The molecule has 1 aromatic heterocycles. The molecular formula is C30H27ClF3N3O5. The van der Waals surface area contributed by atoms with Crippen molar-refractivity contribution in [2.75, 3.05) is 20.2 Å². The lowest BCUT2D eigenvalue weighted by atomic mass is 9.83. The number of aromatic carboxylic acids is 1. The first-order chi connectivity index (χ1) is 20.0. The SMILES string of the molecule is COC1CN(C(=O)C2CCc3c(-c4ccc(C(=O)O)cc4C(F)(F)F)nn(C(=O)c4c(Cl)cccc4C4CC4)c3C2)C1. The first kappa shape index (κ1) is 28.4. The maximum absolute atomic E-state index is 14.2. The number of carboxylic acid groups (broad SMARTS) is 1. The Hall–Kier alpha value is -3.70. The molecule has 220 valence electrons. The number of alkyl halides is 3. The molecule has 0 spiro atoms. The minimum absolute atomic E-state index is 0.0394. The van der Waals surface area contributed by atoms with Gasteiger partial charge in [0.2, 0.25) is 5.91 Å². The summed E-state index contributed by atoms with van der Waals surface area (Å²) in [5, 5.41) is 14.0. The van der Waals surface area contributed by atoms with Crippen LogP contribution in [0.5, 0.6) is 0 Å². The zero-order valence-corrected chi connectivity index (χ0v) is 23.3. The fraction of sp³-hybridized carbons (Fsp3) is 0.400. The van der Waals surface area contributed by atoms with Gasteiger partial charge in [0.25, 0.3) is 5.91 Å². The lowest BCUT2D eigenvalue weighted by Crippen LogP contribution is -2.56. The van der Waals surface area contributed by atoms with Gasteiger partial charge in [-0.2, -0.15) is 23.0 Å². The molecule has 2 heterocycles. The molecule has 3 aliphatic rings. The number of carboxylic acids is 1. The number of carbonyl (C=O) groups is 3. The first-order valence-electron chi connectivity index (χ1n) is 13.7. The van der Waals surface area contributed by atoms with Gasteiger partial charge in [0, 0.05) is 43.7 Å². The van der Waals surface area contributed by atoms with Gasteiger partial charge in [-0.15, -0.1) is 0 Å². The van der Waals surface area contributed by atoms with Crippen LogP contribution in [0.2, 0.25) is 5.02 Å². The topological polar surface area (TPSA) is 102 Å². The number of amides is 1. The number of methoxy groups -OCH3 is 1. The number of hydrogen-bond acceptors (Lipinski definition) is 5. The molecule has 1 amide bonds. The van der Waals surface area contributed by atoms with Gasteiger partial charge in [-0.05, 0) is 55.4 Å². The number of carbonyl (C=O) groups excluding carboxylic acids is 2. The molecule has 0 radical (unpaired) electrons. The number of benzene rings is 2. The molecule has 42 heavy (non-hydrogen) atoms. The van der Waals surface area contributed by atoms with E-state index in [1.807, 2.05) is 6.07 Å². The molecule has 1 unspecified atom stereocenters. The average molecular weight is 602 g/mol. The summed E-state index contributed by atoms with van der Waals surface area (Å²) in [6.07, 6.45) is -2.45. The second-order valence-electron chi connectivity index (χ2n) is 11.1. The smallest absolute Gasteiger partial charge is 0.417 e. The van der Waals surface area contributed by atoms with Crippen LogP contribution in [0.4, 0.5) is 13.2 Å². The van der Waals surface area contributed by atoms with E-state index in [2.05, 4.69) is 5.10 Å². The second-order valence-corrected chi connectivity index (χ2v) is 11.5. The largest absolute Gasteiger partial charge is 0.478 e. The van der Waals surface area contributed by atoms with Crippen molar-refractivity contribution in [2.45, 2.75) is 50.3 Å². The molecule has 1 saturated carbocycles. The van der Waals surface area contributed by atoms with E-state index in [0.717, 1.165) is 35.2 Å². The minimum atomic E-state index is -4.88. The molecule has 8 nitrogen and oxygen atoms in total. The van der Waals surface area contributed by atoms with Crippen LogP contribution in [0.15, 0.2) is 36.4 Å². The molecule has 1 N–H and O–H groups in total. The summed E-state index contributed by atoms with van der Waals surface area (Å²) in [4.78, 5) is 40.6. The van der Waals surface area contributed by atoms with Gasteiger partial charge in [-0.1, -0.05) is 29.8 Å². The van der Waals surface area contributed by atoms with Crippen LogP contribution in [0.3, 0.4) is 0 Å². The summed E-state index contributed by atoms with van der Waals surface area (Å²) >= 11 is 6.52. The van der Waals surface area contributed by atoms with Crippen molar-refractivity contribution in [3.8, 4) is 11.3 Å². The number of likely N-dealkylation sites (tertiary alicyclic amines) is 1. The molecule has 1 saturated heterocycles. The lowest BCUT2D eigenvalue weighted by molar-refractivity contribution is -0.147. The van der Waals surface area contributed by atoms with Gasteiger partial charge in [0.15, 0.2) is 0 Å². The second kappa shape index (κ2) is 10.5. The molecular weight excluding hydrogens is 575 g/mol. The fourth-order valence-electron chi connectivity index (χ4n) is 5.96. The van der Waals surface area contributed by atoms with E-state index in [-0.39, 0.29) is 52.6 Å². The van der Waals surface area contributed by atoms with Crippen LogP contribution in [0.25, 0.3) is 11.3 Å². The van der Waals surface area contributed by atoms with E-state index in [9.17, 15) is 32.7 Å². The van der Waals surface area contributed by atoms with Crippen molar-refractivity contribution in [3.63, 3.8) is 0 Å². The van der Waals surface area contributed by atoms with Crippen LogP contribution in [0.1, 0.15) is 68.3 Å². The summed E-state index contributed by atoms with van der Waals surface area (Å²) in [5.74, 6) is -2.50. The van der Waals surface area contributed by atoms with E-state index in [1.54, 1.807) is 24.1 Å². The highest BCUT2D eigenvalue weighted by atomic mass is 35.5. The van der Waals surface area contributed by atoms with E-state index >= 15 is 0 Å². The zero-order chi connectivity index (χ0) is 29.9. The molecule has 2 fully saturated rings. The van der Waals surface area contributed by atoms with Gasteiger partial charge in [0.1, 0.15) is 0 Å². The lowest BCUT2D eigenvalue weighted by Gasteiger charge is -2.40. The van der Waals surface area contributed by atoms with Crippen molar-refractivity contribution < 1.29 is 37.4 Å². The third kappa shape index (κ3) is 4.98. The predicted octanol–water partition coefficient (Wildman–Crippen LogP) is 5.45. The standard InChI is InChI=1S/C30H27ClF3N3O5/c1-42-18-13-36(14-18)27(38)16-7-10-21-24(12-16)37(28(39)25-19(15-5-6-15)3-2-4-23(25)31)35-26(21)20-9-8-17(29(40)41)11-22(20)30(32,33)34/h2-4,8-9,11,15-16,18H,5-7,10,12-14H2,1H3,(H,40,41). The highest BCUT2D eigenvalue weighted by molar-refractivity contribution is 6.34. The number of halogens is 4. The summed E-state index contributed by atoms with van der Waals surface area (Å²) < 4.78 is 49.1. The summed E-state index contributed by atoms with van der Waals surface area (Å²) in [5.41, 5.74) is -0.271. The number of aromatic nitrogens is 2. The van der Waals surface area contributed by atoms with Crippen LogP contribution in [-0.4, -0.2) is 63.9 Å². The Labute approximate surface area is 244 Å². The Morgan fingerprint density at radius 1 is 1.10 bits per heavy atom. The molecule has 1 aliphatic heterocycles. The van der Waals surface area contributed by atoms with E-state index in [1.165, 1.54) is 0 Å². The van der Waals surface area contributed by atoms with Gasteiger partial charge < -0.3 is 14.7 Å². The van der Waals surface area contributed by atoms with Crippen LogP contribution in [-0.2, 0) is 28.5 Å². The van der Waals surface area contributed by atoms with Crippen LogP contribution >= 0.6 is 11.6 Å². The Morgan fingerprint density at radius 3 is 2.48 bits per heavy atom. The van der Waals surface area contributed by atoms with Crippen LogP contribution in [0, 0.1) is 5.92 Å². The molecule has 3 aromatic rings. The van der Waals surface area contributed by atoms with E-state index in [0.29, 0.717) is 36.8 Å². The normalized spacial score (nSPS) is 18.9. The number of fused-ring (bicyclic) bond motifs is 1. The predicted molar refractivity (Wildman–Crippen MR) is 146 cm³/mol. The minimum Gasteiger partial charge on any atom is -0.478 e. The Balaban J connectivity index is 1.48. The molecule has 2 aromatic carbocycles. The number of ether oxygens (including phenoxy) is 1. The molecule has 1 atom stereocenters. The van der Waals surface area contributed by atoms with E-state index in [4.69, 9.17) is 16.3 Å². The molecule has 6 rings (SSSR count). The molecule has 2 aliphatic carbocycles. The summed E-state index contributed by atoms with van der Waals surface area (Å²) in [6.45, 7) is 0.911. The summed E-state index contributed by atoms with van der Waals surface area (Å²) in [6, 6.07) is 7.91. The third-order valence-electron chi connectivity index (χ3n) is 8.41. The highest BCUT2D eigenvalue weighted by Crippen LogP contribution is 2.45. The fourth-order valence-corrected chi connectivity index (χ4v) is 6.22. The van der Waals surface area contributed by atoms with Gasteiger partial charge in [-0.3, -0.25) is 9.59 Å². The Kier molecular flexibility index (Phi) is 7.13. The van der Waals surface area contributed by atoms with Crippen molar-refractivity contribution in [3.05, 3.63) is 74.9 Å². The van der Waals surface area contributed by atoms with Gasteiger partial charge >= 0.3 is 12.1 Å². The molecule has 0 bridgehead atoms. The van der Waals surface area contributed by atoms with Gasteiger partial charge in [0.05, 0.1) is 39.2 Å². The third-order valence-corrected chi connectivity index (χ3v) is 8.73. The highest BCUT2D eigenvalue weighted by Gasteiger charge is 2.41. The maximum Gasteiger partial charge on any atom is 0.417 e. The van der Waals surface area contributed by atoms with Crippen molar-refractivity contribution in [2.24, 2.45) is 5.92 Å². The Morgan fingerprint density at radius 2 is 1.83 bits per heavy atom. The zero-order valence-electron chi connectivity index (χ0n) is 22.6. The Bertz CT molecular complexity index is 1610. The van der Waals surface area contributed by atoms with E-state index < -0.39 is 35.1 Å². The number of nitrogens with zero attached hydrogens (tertiary/aromatic N) is 3. The maximum atomic E-state index is 14.2. The van der Waals surface area contributed by atoms with Gasteiger partial charge in [-0.25, -0.2) is 4.79 Å². The molecule has 12 heteroatoms. The first-order valence-corrected chi connectivity index (χ1v) is 14.1. The summed E-state index contributed by atoms with van der Waals surface area (Å²) in [7, 11) is 1.58. The van der Waals surface area contributed by atoms with Crippen molar-refractivity contribution in [1.29, 1.82) is 0 Å². The number of rotatable bonds is 6. The van der Waals surface area contributed by atoms with Crippen LogP contribution < -0.4 is 0 Å². The number of hydrogen-bond donors (Lipinski definition) is 1.